The van der Waals surface area contributed by atoms with Crippen LogP contribution in [0.4, 0.5) is 11.4 Å². The van der Waals surface area contributed by atoms with Crippen LogP contribution in [-0.2, 0) is 6.42 Å². The molecule has 2 rings (SSSR count). The molecule has 0 saturated heterocycles. The van der Waals surface area contributed by atoms with Gasteiger partial charge in [-0.3, -0.25) is 10.1 Å². The highest BCUT2D eigenvalue weighted by atomic mass is 35.5. The number of nitrogens with zero attached hydrogens (tertiary/aromatic N) is 2. The van der Waals surface area contributed by atoms with Crippen LogP contribution in [-0.4, -0.2) is 18.5 Å². The van der Waals surface area contributed by atoms with E-state index in [1.807, 2.05) is 18.0 Å². The van der Waals surface area contributed by atoms with E-state index in [9.17, 15) is 10.1 Å². The molecule has 0 atom stereocenters. The Hall–Kier alpha value is -1.29. The van der Waals surface area contributed by atoms with E-state index >= 15 is 0 Å². The summed E-state index contributed by atoms with van der Waals surface area (Å²) in [5, 5.41) is 10.5. The summed E-state index contributed by atoms with van der Waals surface area (Å²) in [7, 11) is 1.95. The van der Waals surface area contributed by atoms with Crippen molar-refractivity contribution in [1.29, 1.82) is 0 Å². The molecule has 0 unspecified atom stereocenters. The Labute approximate surface area is 88.1 Å². The van der Waals surface area contributed by atoms with Crippen molar-refractivity contribution in [1.82, 2.24) is 0 Å². The molecular formula is C9H11ClN2O2. The van der Waals surface area contributed by atoms with Gasteiger partial charge in [0.15, 0.2) is 0 Å². The van der Waals surface area contributed by atoms with Crippen LogP contribution < -0.4 is 4.90 Å². The molecule has 0 fully saturated rings. The van der Waals surface area contributed by atoms with Gasteiger partial charge in [-0.15, -0.1) is 12.4 Å². The molecule has 0 saturated carbocycles. The smallest absolute Gasteiger partial charge is 0.271 e. The third-order valence-electron chi connectivity index (χ3n) is 2.41. The monoisotopic (exact) mass is 214 g/mol. The van der Waals surface area contributed by atoms with Crippen molar-refractivity contribution in [3.8, 4) is 0 Å². The summed E-state index contributed by atoms with van der Waals surface area (Å²) in [6, 6.07) is 5.05. The first-order chi connectivity index (χ1) is 6.18. The van der Waals surface area contributed by atoms with Crippen molar-refractivity contribution in [2.24, 2.45) is 0 Å². The van der Waals surface area contributed by atoms with Gasteiger partial charge in [-0.05, 0) is 12.0 Å². The van der Waals surface area contributed by atoms with Crippen molar-refractivity contribution < 1.29 is 4.92 Å². The van der Waals surface area contributed by atoms with Crippen molar-refractivity contribution >= 4 is 23.8 Å². The SMILES string of the molecule is CN1CCc2ccc([N+](=O)[O-])cc21.Cl. The fraction of sp³-hybridized carbons (Fsp3) is 0.333. The number of likely N-dealkylation sites (N-methyl/N-ethyl adjacent to an activating group) is 1. The van der Waals surface area contributed by atoms with E-state index < -0.39 is 0 Å². The first kappa shape index (κ1) is 10.8. The van der Waals surface area contributed by atoms with Crippen LogP contribution in [0.2, 0.25) is 0 Å². The second kappa shape index (κ2) is 3.84. The van der Waals surface area contributed by atoms with Gasteiger partial charge < -0.3 is 4.90 Å². The van der Waals surface area contributed by atoms with E-state index in [4.69, 9.17) is 0 Å². The molecule has 5 heteroatoms. The van der Waals surface area contributed by atoms with Crippen molar-refractivity contribution in [2.45, 2.75) is 6.42 Å². The molecule has 0 spiro atoms. The van der Waals surface area contributed by atoms with Crippen LogP contribution in [0.15, 0.2) is 18.2 Å². The van der Waals surface area contributed by atoms with Gasteiger partial charge in [-0.25, -0.2) is 0 Å². The number of rotatable bonds is 1. The van der Waals surface area contributed by atoms with Crippen LogP contribution in [0.1, 0.15) is 5.56 Å². The molecule has 1 aromatic rings. The standard InChI is InChI=1S/C9H10N2O2.ClH/c1-10-5-4-7-2-3-8(11(12)13)6-9(7)10;/h2-3,6H,4-5H2,1H3;1H. The fourth-order valence-electron chi connectivity index (χ4n) is 1.64. The highest BCUT2D eigenvalue weighted by molar-refractivity contribution is 5.85. The zero-order valence-electron chi connectivity index (χ0n) is 7.77. The molecule has 0 radical (unpaired) electrons. The minimum Gasteiger partial charge on any atom is -0.374 e. The second-order valence-corrected chi connectivity index (χ2v) is 3.24. The van der Waals surface area contributed by atoms with Crippen molar-refractivity contribution in [3.63, 3.8) is 0 Å². The lowest BCUT2D eigenvalue weighted by Gasteiger charge is -2.10. The minimum absolute atomic E-state index is 0. The van der Waals surface area contributed by atoms with Gasteiger partial charge in [0.2, 0.25) is 0 Å². The average Bonchev–Trinajstić information content (AvgIpc) is 2.47. The number of hydrogen-bond donors (Lipinski definition) is 0. The van der Waals surface area contributed by atoms with Crippen LogP contribution in [0.5, 0.6) is 0 Å². The molecule has 0 amide bonds. The lowest BCUT2D eigenvalue weighted by Crippen LogP contribution is -2.12. The number of halogens is 1. The van der Waals surface area contributed by atoms with Gasteiger partial charge >= 0.3 is 0 Å². The minimum atomic E-state index is -0.355. The fourth-order valence-corrected chi connectivity index (χ4v) is 1.64. The van der Waals surface area contributed by atoms with Gasteiger partial charge in [0.25, 0.3) is 5.69 Å². The number of fused-ring (bicyclic) bond motifs is 1. The highest BCUT2D eigenvalue weighted by Gasteiger charge is 2.18. The van der Waals surface area contributed by atoms with E-state index in [1.165, 1.54) is 5.56 Å². The Morgan fingerprint density at radius 3 is 2.86 bits per heavy atom. The molecule has 1 heterocycles. The molecule has 1 aromatic carbocycles. The van der Waals surface area contributed by atoms with Gasteiger partial charge in [0.1, 0.15) is 0 Å². The van der Waals surface area contributed by atoms with Crippen molar-refractivity contribution in [2.75, 3.05) is 18.5 Å². The van der Waals surface area contributed by atoms with Crippen LogP contribution in [0.3, 0.4) is 0 Å². The van der Waals surface area contributed by atoms with Crippen LogP contribution in [0.25, 0.3) is 0 Å². The Kier molecular flexibility index (Phi) is 2.96. The number of hydrogen-bond acceptors (Lipinski definition) is 3. The lowest BCUT2D eigenvalue weighted by molar-refractivity contribution is -0.384. The summed E-state index contributed by atoms with van der Waals surface area (Å²) in [6.45, 7) is 0.955. The maximum Gasteiger partial charge on any atom is 0.271 e. The molecule has 0 bridgehead atoms. The quantitative estimate of drug-likeness (QED) is 0.531. The zero-order chi connectivity index (χ0) is 9.42. The number of anilines is 1. The maximum atomic E-state index is 10.5. The topological polar surface area (TPSA) is 46.4 Å². The number of nitro benzene ring substituents is 1. The summed E-state index contributed by atoms with van der Waals surface area (Å²) < 4.78 is 0. The number of non-ortho nitro benzene ring substituents is 1. The summed E-state index contributed by atoms with van der Waals surface area (Å²) in [5.41, 5.74) is 2.37. The summed E-state index contributed by atoms with van der Waals surface area (Å²) in [4.78, 5) is 12.2. The molecule has 76 valence electrons. The molecular weight excluding hydrogens is 204 g/mol. The predicted octanol–water partition coefficient (Wildman–Crippen LogP) is 2.01. The normalized spacial score (nSPS) is 13.4. The second-order valence-electron chi connectivity index (χ2n) is 3.24. The molecule has 1 aliphatic rings. The van der Waals surface area contributed by atoms with Gasteiger partial charge in [-0.2, -0.15) is 0 Å². The Balaban J connectivity index is 0.000000980. The number of benzene rings is 1. The van der Waals surface area contributed by atoms with E-state index in [-0.39, 0.29) is 23.0 Å². The third kappa shape index (κ3) is 1.65. The lowest BCUT2D eigenvalue weighted by atomic mass is 10.1. The van der Waals surface area contributed by atoms with Gasteiger partial charge in [0, 0.05) is 31.4 Å². The number of nitro groups is 1. The van der Waals surface area contributed by atoms with Crippen molar-refractivity contribution in [3.05, 3.63) is 33.9 Å². The first-order valence-corrected chi connectivity index (χ1v) is 4.17. The van der Waals surface area contributed by atoms with Crippen LogP contribution >= 0.6 is 12.4 Å². The van der Waals surface area contributed by atoms with Gasteiger partial charge in [0.05, 0.1) is 4.92 Å². The van der Waals surface area contributed by atoms with E-state index in [2.05, 4.69) is 0 Å². The summed E-state index contributed by atoms with van der Waals surface area (Å²) in [5.74, 6) is 0. The Bertz CT molecular complexity index is 368. The predicted molar refractivity (Wildman–Crippen MR) is 57.3 cm³/mol. The van der Waals surface area contributed by atoms with E-state index in [0.717, 1.165) is 18.7 Å². The molecule has 14 heavy (non-hydrogen) atoms. The molecule has 1 aliphatic heterocycles. The molecule has 0 N–H and O–H groups in total. The Morgan fingerprint density at radius 2 is 2.21 bits per heavy atom. The van der Waals surface area contributed by atoms with E-state index in [0.29, 0.717) is 0 Å². The maximum absolute atomic E-state index is 10.5. The summed E-state index contributed by atoms with van der Waals surface area (Å²) in [6.07, 6.45) is 0.990. The molecule has 0 aromatic heterocycles. The van der Waals surface area contributed by atoms with Crippen LogP contribution in [0, 0.1) is 10.1 Å². The molecule has 4 nitrogen and oxygen atoms in total. The average molecular weight is 215 g/mol. The molecule has 0 aliphatic carbocycles. The van der Waals surface area contributed by atoms with E-state index in [1.54, 1.807) is 12.1 Å². The summed E-state index contributed by atoms with van der Waals surface area (Å²) >= 11 is 0. The highest BCUT2D eigenvalue weighted by Crippen LogP contribution is 2.30. The third-order valence-corrected chi connectivity index (χ3v) is 2.41. The first-order valence-electron chi connectivity index (χ1n) is 4.17. The largest absolute Gasteiger partial charge is 0.374 e. The zero-order valence-corrected chi connectivity index (χ0v) is 8.58. The van der Waals surface area contributed by atoms with Gasteiger partial charge in [-0.1, -0.05) is 6.07 Å². The Morgan fingerprint density at radius 1 is 1.50 bits per heavy atom.